The van der Waals surface area contributed by atoms with Crippen molar-refractivity contribution in [3.05, 3.63) is 35.7 Å². The highest BCUT2D eigenvalue weighted by atomic mass is 32.2. The van der Waals surface area contributed by atoms with Crippen molar-refractivity contribution in [3.63, 3.8) is 0 Å². The van der Waals surface area contributed by atoms with Crippen LogP contribution in [0, 0.1) is 13.8 Å². The lowest BCUT2D eigenvalue weighted by atomic mass is 10.3. The molecule has 2 aromatic rings. The SMILES string of the molecule is COc1ccc(NC(=O)N2CCCN(S(=O)(=O)c3c(C)n[nH]c3C)CC2)cc1. The molecule has 1 aliphatic heterocycles. The van der Waals surface area contributed by atoms with E-state index in [1.165, 1.54) is 4.31 Å². The Balaban J connectivity index is 1.66. The van der Waals surface area contributed by atoms with Gasteiger partial charge >= 0.3 is 6.03 Å². The molecule has 28 heavy (non-hydrogen) atoms. The molecule has 10 heteroatoms. The van der Waals surface area contributed by atoms with Crippen molar-refractivity contribution in [1.82, 2.24) is 19.4 Å². The van der Waals surface area contributed by atoms with Crippen LogP contribution in [0.1, 0.15) is 17.8 Å². The summed E-state index contributed by atoms with van der Waals surface area (Å²) in [6.45, 7) is 4.76. The monoisotopic (exact) mass is 407 g/mol. The molecule has 0 saturated carbocycles. The molecule has 3 rings (SSSR count). The molecule has 0 aliphatic carbocycles. The summed E-state index contributed by atoms with van der Waals surface area (Å²) in [7, 11) is -2.07. The fourth-order valence-electron chi connectivity index (χ4n) is 3.26. The minimum Gasteiger partial charge on any atom is -0.497 e. The number of aryl methyl sites for hydroxylation is 2. The zero-order valence-electron chi connectivity index (χ0n) is 16.2. The summed E-state index contributed by atoms with van der Waals surface area (Å²) >= 11 is 0. The molecule has 152 valence electrons. The molecular formula is C18H25N5O4S. The number of benzene rings is 1. The fourth-order valence-corrected chi connectivity index (χ4v) is 5.07. The van der Waals surface area contributed by atoms with Gasteiger partial charge in [0.25, 0.3) is 0 Å². The molecule has 0 spiro atoms. The standard InChI is InChI=1S/C18H25N5O4S/c1-13-17(14(2)21-20-13)28(25,26)23-10-4-9-22(11-12-23)18(24)19-15-5-7-16(27-3)8-6-15/h5-8H,4,9-12H2,1-3H3,(H,19,24)(H,20,21). The topological polar surface area (TPSA) is 108 Å². The molecule has 2 amide bonds. The summed E-state index contributed by atoms with van der Waals surface area (Å²) in [6, 6.07) is 6.80. The number of amides is 2. The number of hydrogen-bond donors (Lipinski definition) is 2. The minimum absolute atomic E-state index is 0.226. The van der Waals surface area contributed by atoms with Gasteiger partial charge < -0.3 is 15.0 Å². The van der Waals surface area contributed by atoms with Gasteiger partial charge in [-0.05, 0) is 44.5 Å². The number of hydrogen-bond acceptors (Lipinski definition) is 5. The van der Waals surface area contributed by atoms with Crippen LogP contribution in [0.15, 0.2) is 29.2 Å². The van der Waals surface area contributed by atoms with Crippen LogP contribution in [0.5, 0.6) is 5.75 Å². The van der Waals surface area contributed by atoms with E-state index in [0.717, 1.165) is 0 Å². The van der Waals surface area contributed by atoms with Crippen molar-refractivity contribution in [2.24, 2.45) is 0 Å². The highest BCUT2D eigenvalue weighted by Crippen LogP contribution is 2.23. The molecule has 2 N–H and O–H groups in total. The molecular weight excluding hydrogens is 382 g/mol. The molecule has 1 saturated heterocycles. The number of ether oxygens (including phenoxy) is 1. The Bertz CT molecular complexity index is 920. The maximum atomic E-state index is 13.0. The van der Waals surface area contributed by atoms with Crippen LogP contribution in [0.2, 0.25) is 0 Å². The Morgan fingerprint density at radius 1 is 1.14 bits per heavy atom. The van der Waals surface area contributed by atoms with Gasteiger partial charge in [0.1, 0.15) is 10.6 Å². The predicted molar refractivity (Wildman–Crippen MR) is 105 cm³/mol. The molecule has 2 heterocycles. The number of methoxy groups -OCH3 is 1. The van der Waals surface area contributed by atoms with Crippen molar-refractivity contribution < 1.29 is 17.9 Å². The van der Waals surface area contributed by atoms with Crippen LogP contribution >= 0.6 is 0 Å². The summed E-state index contributed by atoms with van der Waals surface area (Å²) in [5.41, 5.74) is 1.64. The summed E-state index contributed by atoms with van der Waals surface area (Å²) in [5.74, 6) is 0.707. The van der Waals surface area contributed by atoms with Crippen molar-refractivity contribution in [2.45, 2.75) is 25.2 Å². The summed E-state index contributed by atoms with van der Waals surface area (Å²) in [6.07, 6.45) is 0.561. The number of carbonyl (C=O) groups is 1. The van der Waals surface area contributed by atoms with Gasteiger partial charge in [-0.2, -0.15) is 9.40 Å². The number of urea groups is 1. The first kappa shape index (κ1) is 20.2. The molecule has 1 aromatic heterocycles. The van der Waals surface area contributed by atoms with Crippen molar-refractivity contribution >= 4 is 21.7 Å². The van der Waals surface area contributed by atoms with Crippen LogP contribution in [0.25, 0.3) is 0 Å². The second-order valence-electron chi connectivity index (χ2n) is 6.67. The molecule has 1 aromatic carbocycles. The van der Waals surface area contributed by atoms with Crippen LogP contribution in [-0.2, 0) is 10.0 Å². The Labute approximate surface area is 164 Å². The quantitative estimate of drug-likeness (QED) is 0.806. The first-order valence-electron chi connectivity index (χ1n) is 9.04. The maximum Gasteiger partial charge on any atom is 0.321 e. The largest absolute Gasteiger partial charge is 0.497 e. The van der Waals surface area contributed by atoms with Crippen LogP contribution in [0.4, 0.5) is 10.5 Å². The Kier molecular flexibility index (Phi) is 5.90. The van der Waals surface area contributed by atoms with Gasteiger partial charge in [0, 0.05) is 31.9 Å². The zero-order valence-corrected chi connectivity index (χ0v) is 17.0. The highest BCUT2D eigenvalue weighted by Gasteiger charge is 2.31. The average Bonchev–Trinajstić information content (AvgIpc) is 2.87. The van der Waals surface area contributed by atoms with E-state index in [1.54, 1.807) is 50.1 Å². The molecule has 1 fully saturated rings. The number of anilines is 1. The van der Waals surface area contributed by atoms with Crippen LogP contribution < -0.4 is 10.1 Å². The van der Waals surface area contributed by atoms with Crippen molar-refractivity contribution in [1.29, 1.82) is 0 Å². The number of nitrogens with one attached hydrogen (secondary N) is 2. The van der Waals surface area contributed by atoms with Crippen molar-refractivity contribution in [2.75, 3.05) is 38.6 Å². The number of carbonyl (C=O) groups excluding carboxylic acids is 1. The van der Waals surface area contributed by atoms with E-state index in [-0.39, 0.29) is 17.5 Å². The summed E-state index contributed by atoms with van der Waals surface area (Å²) in [5, 5.41) is 9.55. The van der Waals surface area contributed by atoms with E-state index in [2.05, 4.69) is 15.5 Å². The second kappa shape index (κ2) is 8.19. The third-order valence-corrected chi connectivity index (χ3v) is 6.90. The van der Waals surface area contributed by atoms with E-state index in [4.69, 9.17) is 4.74 Å². The number of sulfonamides is 1. The van der Waals surface area contributed by atoms with E-state index in [1.807, 2.05) is 0 Å². The Morgan fingerprint density at radius 2 is 1.86 bits per heavy atom. The van der Waals surface area contributed by atoms with Gasteiger partial charge in [-0.25, -0.2) is 13.2 Å². The lowest BCUT2D eigenvalue weighted by Crippen LogP contribution is -2.39. The number of rotatable bonds is 4. The molecule has 0 radical (unpaired) electrons. The van der Waals surface area contributed by atoms with E-state index in [9.17, 15) is 13.2 Å². The Morgan fingerprint density at radius 3 is 2.46 bits per heavy atom. The molecule has 1 aliphatic rings. The Hall–Kier alpha value is -2.59. The maximum absolute atomic E-state index is 13.0. The highest BCUT2D eigenvalue weighted by molar-refractivity contribution is 7.89. The van der Waals surface area contributed by atoms with E-state index in [0.29, 0.717) is 48.9 Å². The number of aromatic nitrogens is 2. The third kappa shape index (κ3) is 4.12. The summed E-state index contributed by atoms with van der Waals surface area (Å²) < 4.78 is 32.5. The predicted octanol–water partition coefficient (Wildman–Crippen LogP) is 1.96. The van der Waals surface area contributed by atoms with Gasteiger partial charge in [-0.15, -0.1) is 0 Å². The van der Waals surface area contributed by atoms with Gasteiger partial charge in [0.15, 0.2) is 0 Å². The molecule has 0 unspecified atom stereocenters. The van der Waals surface area contributed by atoms with E-state index >= 15 is 0 Å². The summed E-state index contributed by atoms with van der Waals surface area (Å²) in [4.78, 5) is 14.4. The average molecular weight is 407 g/mol. The smallest absolute Gasteiger partial charge is 0.321 e. The first-order chi connectivity index (χ1) is 13.3. The number of H-pyrrole nitrogens is 1. The lowest BCUT2D eigenvalue weighted by Gasteiger charge is -2.22. The molecule has 0 atom stereocenters. The van der Waals surface area contributed by atoms with Crippen LogP contribution in [-0.4, -0.2) is 67.1 Å². The van der Waals surface area contributed by atoms with Gasteiger partial charge in [0.05, 0.1) is 18.5 Å². The zero-order chi connectivity index (χ0) is 20.3. The normalized spacial score (nSPS) is 15.9. The fraction of sp³-hybridized carbons (Fsp3) is 0.444. The molecule has 9 nitrogen and oxygen atoms in total. The first-order valence-corrected chi connectivity index (χ1v) is 10.5. The van der Waals surface area contributed by atoms with Gasteiger partial charge in [-0.1, -0.05) is 0 Å². The lowest BCUT2D eigenvalue weighted by molar-refractivity contribution is 0.214. The van der Waals surface area contributed by atoms with Crippen molar-refractivity contribution in [3.8, 4) is 5.75 Å². The molecule has 0 bridgehead atoms. The minimum atomic E-state index is -3.65. The van der Waals surface area contributed by atoms with E-state index < -0.39 is 10.0 Å². The third-order valence-electron chi connectivity index (χ3n) is 4.74. The van der Waals surface area contributed by atoms with Gasteiger partial charge in [-0.3, -0.25) is 5.10 Å². The number of nitrogens with zero attached hydrogens (tertiary/aromatic N) is 3. The van der Waals surface area contributed by atoms with Gasteiger partial charge in [0.2, 0.25) is 10.0 Å². The van der Waals surface area contributed by atoms with Crippen LogP contribution in [0.3, 0.4) is 0 Å². The second-order valence-corrected chi connectivity index (χ2v) is 8.54. The number of aromatic amines is 1.